The van der Waals surface area contributed by atoms with Gasteiger partial charge in [-0.3, -0.25) is 4.98 Å². The average Bonchev–Trinajstić information content (AvgIpc) is 2.46. The summed E-state index contributed by atoms with van der Waals surface area (Å²) in [5, 5.41) is 1.15. The fraction of sp³-hybridized carbons (Fsp3) is 0.0625. The van der Waals surface area contributed by atoms with E-state index < -0.39 is 0 Å². The zero-order chi connectivity index (χ0) is 13.1. The molecule has 0 aliphatic rings. The minimum atomic E-state index is -0.193. The van der Waals surface area contributed by atoms with Crippen LogP contribution in [0.15, 0.2) is 65.7 Å². The molecule has 0 aliphatic heterocycles. The molecule has 0 N–H and O–H groups in total. The Bertz CT molecular complexity index is 694. The van der Waals surface area contributed by atoms with Crippen molar-refractivity contribution in [3.8, 4) is 0 Å². The number of pyridine rings is 1. The van der Waals surface area contributed by atoms with Gasteiger partial charge in [-0.25, -0.2) is 4.39 Å². The molecule has 0 unspecified atom stereocenters. The molecule has 0 bridgehead atoms. The van der Waals surface area contributed by atoms with Crippen LogP contribution in [0.4, 0.5) is 4.39 Å². The second-order valence-corrected chi connectivity index (χ2v) is 5.32. The number of rotatable bonds is 3. The van der Waals surface area contributed by atoms with E-state index in [1.165, 1.54) is 17.7 Å². The van der Waals surface area contributed by atoms with Gasteiger partial charge in [0.15, 0.2) is 0 Å². The maximum atomic E-state index is 12.8. The summed E-state index contributed by atoms with van der Waals surface area (Å²) in [5.41, 5.74) is 2.26. The van der Waals surface area contributed by atoms with Crippen LogP contribution in [0, 0.1) is 5.82 Å². The SMILES string of the molecule is Fc1ccc(SCc2ccc3ncccc3c2)cc1. The molecule has 1 heterocycles. The first-order valence-corrected chi connectivity index (χ1v) is 7.02. The summed E-state index contributed by atoms with van der Waals surface area (Å²) in [6.45, 7) is 0. The number of aromatic nitrogens is 1. The lowest BCUT2D eigenvalue weighted by molar-refractivity contribution is 0.626. The highest BCUT2D eigenvalue weighted by atomic mass is 32.2. The van der Waals surface area contributed by atoms with Gasteiger partial charge in [-0.2, -0.15) is 0 Å². The highest BCUT2D eigenvalue weighted by Gasteiger charge is 1.99. The van der Waals surface area contributed by atoms with Gasteiger partial charge in [-0.1, -0.05) is 12.1 Å². The Kier molecular flexibility index (Phi) is 3.47. The number of hydrogen-bond donors (Lipinski definition) is 0. The first kappa shape index (κ1) is 12.2. The van der Waals surface area contributed by atoms with Gasteiger partial charge >= 0.3 is 0 Å². The van der Waals surface area contributed by atoms with Crippen molar-refractivity contribution >= 4 is 22.7 Å². The minimum Gasteiger partial charge on any atom is -0.256 e. The monoisotopic (exact) mass is 269 g/mol. The second kappa shape index (κ2) is 5.41. The third-order valence-corrected chi connectivity index (χ3v) is 3.97. The van der Waals surface area contributed by atoms with Crippen molar-refractivity contribution in [3.05, 3.63) is 72.2 Å². The highest BCUT2D eigenvalue weighted by Crippen LogP contribution is 2.24. The Labute approximate surface area is 115 Å². The van der Waals surface area contributed by atoms with Crippen LogP contribution in [0.25, 0.3) is 10.9 Å². The topological polar surface area (TPSA) is 12.9 Å². The smallest absolute Gasteiger partial charge is 0.123 e. The van der Waals surface area contributed by atoms with Gasteiger partial charge in [-0.15, -0.1) is 11.8 Å². The van der Waals surface area contributed by atoms with Gasteiger partial charge in [0.2, 0.25) is 0 Å². The molecule has 0 saturated carbocycles. The second-order valence-electron chi connectivity index (χ2n) is 4.27. The van der Waals surface area contributed by atoms with Crippen LogP contribution in [0.5, 0.6) is 0 Å². The zero-order valence-electron chi connectivity index (χ0n) is 10.2. The highest BCUT2D eigenvalue weighted by molar-refractivity contribution is 7.98. The number of hydrogen-bond acceptors (Lipinski definition) is 2. The van der Waals surface area contributed by atoms with Gasteiger partial charge in [0, 0.05) is 22.2 Å². The molecule has 3 rings (SSSR count). The molecule has 0 amide bonds. The maximum Gasteiger partial charge on any atom is 0.123 e. The lowest BCUT2D eigenvalue weighted by Crippen LogP contribution is -1.83. The Morgan fingerprint density at radius 1 is 1.00 bits per heavy atom. The normalized spacial score (nSPS) is 10.8. The van der Waals surface area contributed by atoms with E-state index in [1.54, 1.807) is 18.0 Å². The molecule has 0 fully saturated rings. The number of halogens is 1. The number of benzene rings is 2. The average molecular weight is 269 g/mol. The molecule has 0 radical (unpaired) electrons. The fourth-order valence-corrected chi connectivity index (χ4v) is 2.75. The quantitative estimate of drug-likeness (QED) is 0.641. The molecule has 3 aromatic rings. The first-order chi connectivity index (χ1) is 9.31. The summed E-state index contributed by atoms with van der Waals surface area (Å²) < 4.78 is 12.8. The van der Waals surface area contributed by atoms with Gasteiger partial charge in [-0.05, 0) is 48.0 Å². The molecule has 3 heteroatoms. The summed E-state index contributed by atoms with van der Waals surface area (Å²) >= 11 is 1.70. The van der Waals surface area contributed by atoms with E-state index in [4.69, 9.17) is 0 Å². The van der Waals surface area contributed by atoms with Crippen molar-refractivity contribution in [2.75, 3.05) is 0 Å². The van der Waals surface area contributed by atoms with E-state index in [-0.39, 0.29) is 5.82 Å². The Hall–Kier alpha value is -1.87. The zero-order valence-corrected chi connectivity index (χ0v) is 11.0. The fourth-order valence-electron chi connectivity index (χ4n) is 1.91. The molecular formula is C16H12FNS. The lowest BCUT2D eigenvalue weighted by Gasteiger charge is -2.04. The van der Waals surface area contributed by atoms with Crippen molar-refractivity contribution < 1.29 is 4.39 Å². The van der Waals surface area contributed by atoms with Crippen LogP contribution in [0.1, 0.15) is 5.56 Å². The molecule has 2 aromatic carbocycles. The van der Waals surface area contributed by atoms with E-state index in [0.29, 0.717) is 0 Å². The van der Waals surface area contributed by atoms with Crippen LogP contribution in [-0.2, 0) is 5.75 Å². The summed E-state index contributed by atoms with van der Waals surface area (Å²) in [6.07, 6.45) is 1.80. The molecule has 94 valence electrons. The van der Waals surface area contributed by atoms with Crippen molar-refractivity contribution in [3.63, 3.8) is 0 Å². The van der Waals surface area contributed by atoms with Crippen molar-refractivity contribution in [2.45, 2.75) is 10.6 Å². The van der Waals surface area contributed by atoms with Gasteiger partial charge in [0.1, 0.15) is 5.82 Å². The van der Waals surface area contributed by atoms with Crippen LogP contribution in [0.3, 0.4) is 0 Å². The Balaban J connectivity index is 1.76. The number of thioether (sulfide) groups is 1. The third-order valence-electron chi connectivity index (χ3n) is 2.89. The number of fused-ring (bicyclic) bond motifs is 1. The Morgan fingerprint density at radius 2 is 1.84 bits per heavy atom. The van der Waals surface area contributed by atoms with Crippen LogP contribution in [0.2, 0.25) is 0 Å². The molecule has 19 heavy (non-hydrogen) atoms. The van der Waals surface area contributed by atoms with E-state index in [9.17, 15) is 4.39 Å². The van der Waals surface area contributed by atoms with Gasteiger partial charge < -0.3 is 0 Å². The first-order valence-electron chi connectivity index (χ1n) is 6.03. The predicted molar refractivity (Wildman–Crippen MR) is 77.7 cm³/mol. The third kappa shape index (κ3) is 2.93. The van der Waals surface area contributed by atoms with Crippen molar-refractivity contribution in [1.29, 1.82) is 0 Å². The lowest BCUT2D eigenvalue weighted by atomic mass is 10.1. The van der Waals surface area contributed by atoms with E-state index in [0.717, 1.165) is 21.6 Å². The summed E-state index contributed by atoms with van der Waals surface area (Å²) in [6, 6.07) is 16.9. The van der Waals surface area contributed by atoms with Crippen LogP contribution in [-0.4, -0.2) is 4.98 Å². The predicted octanol–water partition coefficient (Wildman–Crippen LogP) is 4.67. The van der Waals surface area contributed by atoms with E-state index in [1.807, 2.05) is 24.3 Å². The number of nitrogens with zero attached hydrogens (tertiary/aromatic N) is 1. The molecule has 0 saturated heterocycles. The molecule has 0 aliphatic carbocycles. The standard InChI is InChI=1S/C16H12FNS/c17-14-4-6-15(7-5-14)19-11-12-3-8-16-13(10-12)2-1-9-18-16/h1-10H,11H2. The van der Waals surface area contributed by atoms with Crippen LogP contribution < -0.4 is 0 Å². The van der Waals surface area contributed by atoms with Crippen molar-refractivity contribution in [2.24, 2.45) is 0 Å². The van der Waals surface area contributed by atoms with E-state index in [2.05, 4.69) is 23.2 Å². The summed E-state index contributed by atoms with van der Waals surface area (Å²) in [7, 11) is 0. The van der Waals surface area contributed by atoms with Crippen molar-refractivity contribution in [1.82, 2.24) is 4.98 Å². The molecule has 1 aromatic heterocycles. The van der Waals surface area contributed by atoms with Gasteiger partial charge in [0.05, 0.1) is 5.52 Å². The largest absolute Gasteiger partial charge is 0.256 e. The summed E-state index contributed by atoms with van der Waals surface area (Å²) in [4.78, 5) is 5.38. The van der Waals surface area contributed by atoms with Gasteiger partial charge in [0.25, 0.3) is 0 Å². The molecular weight excluding hydrogens is 257 g/mol. The summed E-state index contributed by atoms with van der Waals surface area (Å²) in [5.74, 6) is 0.678. The molecule has 1 nitrogen and oxygen atoms in total. The molecule has 0 atom stereocenters. The van der Waals surface area contributed by atoms with Crippen LogP contribution >= 0.6 is 11.8 Å². The molecule has 0 spiro atoms. The van der Waals surface area contributed by atoms with E-state index >= 15 is 0 Å². The minimum absolute atomic E-state index is 0.193. The Morgan fingerprint density at radius 3 is 2.68 bits per heavy atom. The maximum absolute atomic E-state index is 12.8.